The lowest BCUT2D eigenvalue weighted by Crippen LogP contribution is -2.18. The van der Waals surface area contributed by atoms with Gasteiger partial charge in [0, 0.05) is 12.1 Å². The first kappa shape index (κ1) is 16.5. The van der Waals surface area contributed by atoms with Gasteiger partial charge in [-0.2, -0.15) is 13.2 Å². The summed E-state index contributed by atoms with van der Waals surface area (Å²) in [5.41, 5.74) is 1.88. The SMILES string of the molecule is NNc1nccc(OC[C@H]2C[C@@H]2c2ccc(F)cc2)c1C(F)(F)F. The quantitative estimate of drug-likeness (QED) is 0.494. The van der Waals surface area contributed by atoms with Crippen molar-refractivity contribution in [1.29, 1.82) is 0 Å². The van der Waals surface area contributed by atoms with Crippen LogP contribution in [0, 0.1) is 11.7 Å². The molecule has 1 heterocycles. The molecule has 1 aliphatic rings. The average molecular weight is 341 g/mol. The van der Waals surface area contributed by atoms with E-state index in [1.165, 1.54) is 24.4 Å². The Bertz CT molecular complexity index is 718. The van der Waals surface area contributed by atoms with Crippen molar-refractivity contribution in [2.75, 3.05) is 12.0 Å². The number of benzene rings is 1. The Kier molecular flexibility index (Phi) is 4.31. The molecule has 0 spiro atoms. The van der Waals surface area contributed by atoms with Gasteiger partial charge in [-0.3, -0.25) is 0 Å². The van der Waals surface area contributed by atoms with Gasteiger partial charge in [-0.15, -0.1) is 0 Å². The zero-order valence-corrected chi connectivity index (χ0v) is 12.5. The van der Waals surface area contributed by atoms with Crippen LogP contribution in [-0.2, 0) is 6.18 Å². The fraction of sp³-hybridized carbons (Fsp3) is 0.312. The highest BCUT2D eigenvalue weighted by atomic mass is 19.4. The number of pyridine rings is 1. The summed E-state index contributed by atoms with van der Waals surface area (Å²) < 4.78 is 57.8. The summed E-state index contributed by atoms with van der Waals surface area (Å²) in [6, 6.07) is 7.28. The smallest absolute Gasteiger partial charge is 0.423 e. The number of rotatable bonds is 5. The van der Waals surface area contributed by atoms with Gasteiger partial charge < -0.3 is 10.2 Å². The number of halogens is 4. The molecule has 1 aromatic carbocycles. The van der Waals surface area contributed by atoms with E-state index in [4.69, 9.17) is 10.6 Å². The van der Waals surface area contributed by atoms with Gasteiger partial charge in [0.2, 0.25) is 0 Å². The van der Waals surface area contributed by atoms with Gasteiger partial charge in [0.15, 0.2) is 5.82 Å². The molecule has 3 rings (SSSR count). The Balaban J connectivity index is 1.69. The molecule has 3 N–H and O–H groups in total. The molecule has 2 aromatic rings. The van der Waals surface area contributed by atoms with Crippen LogP contribution in [0.15, 0.2) is 36.5 Å². The molecule has 1 aromatic heterocycles. The summed E-state index contributed by atoms with van der Waals surface area (Å²) >= 11 is 0. The van der Waals surface area contributed by atoms with Gasteiger partial charge in [0.25, 0.3) is 0 Å². The lowest BCUT2D eigenvalue weighted by atomic mass is 10.1. The first-order valence-corrected chi connectivity index (χ1v) is 7.31. The number of ether oxygens (including phenoxy) is 1. The van der Waals surface area contributed by atoms with Gasteiger partial charge in [0.05, 0.1) is 6.61 Å². The van der Waals surface area contributed by atoms with Crippen LogP contribution in [-0.4, -0.2) is 11.6 Å². The van der Waals surface area contributed by atoms with Gasteiger partial charge in [-0.1, -0.05) is 12.1 Å². The van der Waals surface area contributed by atoms with Crippen molar-refractivity contribution in [3.8, 4) is 5.75 Å². The first-order chi connectivity index (χ1) is 11.4. The monoisotopic (exact) mass is 341 g/mol. The molecule has 4 nitrogen and oxygen atoms in total. The number of anilines is 1. The second kappa shape index (κ2) is 6.27. The Morgan fingerprint density at radius 3 is 2.54 bits per heavy atom. The van der Waals surface area contributed by atoms with Gasteiger partial charge in [-0.05, 0) is 36.1 Å². The van der Waals surface area contributed by atoms with Gasteiger partial charge in [-0.25, -0.2) is 15.2 Å². The van der Waals surface area contributed by atoms with Crippen molar-refractivity contribution in [3.05, 3.63) is 53.5 Å². The maximum Gasteiger partial charge on any atom is 0.423 e. The summed E-state index contributed by atoms with van der Waals surface area (Å²) in [7, 11) is 0. The van der Waals surface area contributed by atoms with E-state index >= 15 is 0 Å². The van der Waals surface area contributed by atoms with Crippen LogP contribution >= 0.6 is 0 Å². The second-order valence-electron chi connectivity index (χ2n) is 5.64. The van der Waals surface area contributed by atoms with Crippen molar-refractivity contribution in [1.82, 2.24) is 4.98 Å². The van der Waals surface area contributed by atoms with Crippen molar-refractivity contribution in [2.45, 2.75) is 18.5 Å². The highest BCUT2D eigenvalue weighted by molar-refractivity contribution is 5.52. The molecule has 1 saturated carbocycles. The number of nitrogens with one attached hydrogen (secondary N) is 1. The van der Waals surface area contributed by atoms with Crippen molar-refractivity contribution < 1.29 is 22.3 Å². The maximum atomic E-state index is 13.2. The van der Waals surface area contributed by atoms with Crippen LogP contribution in [0.4, 0.5) is 23.4 Å². The molecule has 0 aliphatic heterocycles. The Labute approximate surface area is 135 Å². The van der Waals surface area contributed by atoms with E-state index in [9.17, 15) is 17.6 Å². The number of nitrogens with zero attached hydrogens (tertiary/aromatic N) is 1. The first-order valence-electron chi connectivity index (χ1n) is 7.31. The van der Waals surface area contributed by atoms with E-state index in [1.54, 1.807) is 12.1 Å². The third-order valence-corrected chi connectivity index (χ3v) is 4.01. The normalized spacial score (nSPS) is 19.9. The number of hydrogen-bond donors (Lipinski definition) is 2. The molecule has 1 fully saturated rings. The summed E-state index contributed by atoms with van der Waals surface area (Å²) in [6.45, 7) is 0.138. The van der Waals surface area contributed by atoms with Crippen LogP contribution in [0.25, 0.3) is 0 Å². The third kappa shape index (κ3) is 3.43. The minimum Gasteiger partial charge on any atom is -0.492 e. The molecule has 24 heavy (non-hydrogen) atoms. The Morgan fingerprint density at radius 1 is 1.21 bits per heavy atom. The van der Waals surface area contributed by atoms with Crippen molar-refractivity contribution >= 4 is 5.82 Å². The number of hydrogen-bond acceptors (Lipinski definition) is 4. The van der Waals surface area contributed by atoms with E-state index in [0.717, 1.165) is 12.0 Å². The number of nitrogen functional groups attached to an aromatic ring is 1. The highest BCUT2D eigenvalue weighted by Crippen LogP contribution is 2.48. The molecule has 0 amide bonds. The maximum absolute atomic E-state index is 13.2. The minimum atomic E-state index is -4.63. The van der Waals surface area contributed by atoms with Gasteiger partial charge >= 0.3 is 6.18 Å². The van der Waals surface area contributed by atoms with E-state index in [2.05, 4.69) is 4.98 Å². The van der Waals surface area contributed by atoms with Crippen LogP contribution in [0.5, 0.6) is 5.75 Å². The Hall–Kier alpha value is -2.35. The summed E-state index contributed by atoms with van der Waals surface area (Å²) in [4.78, 5) is 3.57. The standard InChI is InChI=1S/C16H15F4N3O/c17-11-3-1-9(2-4-11)12-7-10(12)8-24-13-5-6-22-15(23-21)14(13)16(18,19)20/h1-6,10,12H,7-8,21H2,(H,22,23)/t10-,12-/m1/s1. The molecule has 0 unspecified atom stereocenters. The molecular formula is C16H15F4N3O. The predicted molar refractivity (Wildman–Crippen MR) is 79.8 cm³/mol. The molecule has 0 saturated heterocycles. The van der Waals surface area contributed by atoms with Crippen LogP contribution < -0.4 is 16.0 Å². The molecule has 8 heteroatoms. The number of alkyl halides is 3. The minimum absolute atomic E-state index is 0.0963. The summed E-state index contributed by atoms with van der Waals surface area (Å²) in [6.07, 6.45) is -2.64. The second-order valence-corrected chi connectivity index (χ2v) is 5.64. The van der Waals surface area contributed by atoms with Crippen molar-refractivity contribution in [3.63, 3.8) is 0 Å². The van der Waals surface area contributed by atoms with E-state index in [-0.39, 0.29) is 30.0 Å². The molecule has 0 radical (unpaired) electrons. The topological polar surface area (TPSA) is 60.2 Å². The van der Waals surface area contributed by atoms with E-state index in [1.807, 2.05) is 5.43 Å². The molecule has 2 atom stereocenters. The zero-order chi connectivity index (χ0) is 17.3. The predicted octanol–water partition coefficient (Wildman–Crippen LogP) is 3.71. The fourth-order valence-electron chi connectivity index (χ4n) is 2.69. The number of nitrogens with two attached hydrogens (primary N) is 1. The Morgan fingerprint density at radius 2 is 1.92 bits per heavy atom. The van der Waals surface area contributed by atoms with Crippen molar-refractivity contribution in [2.24, 2.45) is 11.8 Å². The molecule has 128 valence electrons. The summed E-state index contributed by atoms with van der Waals surface area (Å²) in [5.74, 6) is 4.26. The van der Waals surface area contributed by atoms with Crippen LogP contribution in [0.2, 0.25) is 0 Å². The number of hydrazine groups is 1. The highest BCUT2D eigenvalue weighted by Gasteiger charge is 2.41. The number of aromatic nitrogens is 1. The lowest BCUT2D eigenvalue weighted by Gasteiger charge is -2.16. The fourth-order valence-corrected chi connectivity index (χ4v) is 2.69. The zero-order valence-electron chi connectivity index (χ0n) is 12.5. The molecular weight excluding hydrogens is 326 g/mol. The van der Waals surface area contributed by atoms with Crippen LogP contribution in [0.1, 0.15) is 23.5 Å². The lowest BCUT2D eigenvalue weighted by molar-refractivity contribution is -0.138. The average Bonchev–Trinajstić information content (AvgIpc) is 3.32. The largest absolute Gasteiger partial charge is 0.492 e. The molecule has 0 bridgehead atoms. The summed E-state index contributed by atoms with van der Waals surface area (Å²) in [5, 5.41) is 0. The van der Waals surface area contributed by atoms with E-state index in [0.29, 0.717) is 0 Å². The molecule has 1 aliphatic carbocycles. The van der Waals surface area contributed by atoms with Gasteiger partial charge in [0.1, 0.15) is 17.1 Å². The van der Waals surface area contributed by atoms with Crippen LogP contribution in [0.3, 0.4) is 0 Å². The van der Waals surface area contributed by atoms with E-state index < -0.39 is 17.6 Å². The third-order valence-electron chi connectivity index (χ3n) is 4.01.